The number of aryl methyl sites for hydroxylation is 2. The standard InChI is InChI=1S/C15H21N7O2S/c1-9-10(2)25-15(18-9)19-12(23)7-22-5-3-4-11(6-22)13(24)20-14-16-8-17-21-14/h8,11H,3-7H2,1-2H3,(H,18,19,23)(H2,16,17,20,21,24). The Bertz CT molecular complexity index is 724. The van der Waals surface area contributed by atoms with Gasteiger partial charge in [0, 0.05) is 11.4 Å². The number of H-pyrrole nitrogens is 1. The lowest BCUT2D eigenvalue weighted by atomic mass is 9.97. The van der Waals surface area contributed by atoms with E-state index in [1.54, 1.807) is 0 Å². The van der Waals surface area contributed by atoms with E-state index in [2.05, 4.69) is 30.8 Å². The van der Waals surface area contributed by atoms with Crippen LogP contribution in [0.2, 0.25) is 0 Å². The van der Waals surface area contributed by atoms with Crippen molar-refractivity contribution in [3.63, 3.8) is 0 Å². The maximum atomic E-state index is 12.3. The summed E-state index contributed by atoms with van der Waals surface area (Å²) in [6.07, 6.45) is 3.01. The molecule has 3 heterocycles. The largest absolute Gasteiger partial charge is 0.301 e. The summed E-state index contributed by atoms with van der Waals surface area (Å²) in [4.78, 5) is 35.8. The van der Waals surface area contributed by atoms with Crippen LogP contribution in [0.25, 0.3) is 0 Å². The van der Waals surface area contributed by atoms with Gasteiger partial charge in [-0.25, -0.2) is 10.1 Å². The fourth-order valence-electron chi connectivity index (χ4n) is 2.79. The Kier molecular flexibility index (Phi) is 5.39. The number of nitrogens with zero attached hydrogens (tertiary/aromatic N) is 4. The third-order valence-corrected chi connectivity index (χ3v) is 5.16. The number of carbonyl (C=O) groups is 2. The van der Waals surface area contributed by atoms with Gasteiger partial charge >= 0.3 is 0 Å². The summed E-state index contributed by atoms with van der Waals surface area (Å²) >= 11 is 1.47. The topological polar surface area (TPSA) is 116 Å². The minimum Gasteiger partial charge on any atom is -0.301 e. The van der Waals surface area contributed by atoms with E-state index in [0.29, 0.717) is 17.6 Å². The number of amides is 2. The first-order chi connectivity index (χ1) is 12.0. The molecule has 0 spiro atoms. The lowest BCUT2D eigenvalue weighted by molar-refractivity contribution is -0.123. The molecule has 134 valence electrons. The maximum absolute atomic E-state index is 12.3. The number of likely N-dealkylation sites (tertiary alicyclic amines) is 1. The van der Waals surface area contributed by atoms with Crippen molar-refractivity contribution in [3.8, 4) is 0 Å². The molecule has 1 unspecified atom stereocenters. The summed E-state index contributed by atoms with van der Waals surface area (Å²) in [5.41, 5.74) is 0.933. The van der Waals surface area contributed by atoms with Gasteiger partial charge in [-0.1, -0.05) is 0 Å². The summed E-state index contributed by atoms with van der Waals surface area (Å²) in [7, 11) is 0. The van der Waals surface area contributed by atoms with E-state index < -0.39 is 0 Å². The van der Waals surface area contributed by atoms with Gasteiger partial charge in [0.15, 0.2) is 5.13 Å². The number of aromatic nitrogens is 4. The van der Waals surface area contributed by atoms with Gasteiger partial charge < -0.3 is 5.32 Å². The molecule has 0 radical (unpaired) electrons. The lowest BCUT2D eigenvalue weighted by Crippen LogP contribution is -2.44. The van der Waals surface area contributed by atoms with Gasteiger partial charge in [-0.2, -0.15) is 10.1 Å². The van der Waals surface area contributed by atoms with Crippen LogP contribution < -0.4 is 10.6 Å². The smallest absolute Gasteiger partial charge is 0.240 e. The SMILES string of the molecule is Cc1nc(NC(=O)CN2CCCC(C(=O)Nc3ncn[nH]3)C2)sc1C. The fourth-order valence-corrected chi connectivity index (χ4v) is 3.62. The zero-order valence-electron chi connectivity index (χ0n) is 14.2. The molecule has 0 saturated carbocycles. The van der Waals surface area contributed by atoms with Crippen LogP contribution in [0.15, 0.2) is 6.33 Å². The highest BCUT2D eigenvalue weighted by Gasteiger charge is 2.27. The molecule has 1 aliphatic heterocycles. The maximum Gasteiger partial charge on any atom is 0.240 e. The molecule has 1 atom stereocenters. The highest BCUT2D eigenvalue weighted by molar-refractivity contribution is 7.15. The molecule has 9 nitrogen and oxygen atoms in total. The Morgan fingerprint density at radius 3 is 2.92 bits per heavy atom. The van der Waals surface area contributed by atoms with E-state index in [1.807, 2.05) is 18.7 Å². The second-order valence-corrected chi connectivity index (χ2v) is 7.31. The zero-order valence-corrected chi connectivity index (χ0v) is 15.0. The molecule has 10 heteroatoms. The molecule has 1 fully saturated rings. The molecular weight excluding hydrogens is 342 g/mol. The van der Waals surface area contributed by atoms with Gasteiger partial charge in [-0.05, 0) is 33.2 Å². The highest BCUT2D eigenvalue weighted by Crippen LogP contribution is 2.21. The van der Waals surface area contributed by atoms with Crippen LogP contribution in [0.5, 0.6) is 0 Å². The number of carbonyl (C=O) groups excluding carboxylic acids is 2. The Morgan fingerprint density at radius 2 is 2.24 bits per heavy atom. The van der Waals surface area contributed by atoms with E-state index in [9.17, 15) is 9.59 Å². The van der Waals surface area contributed by atoms with Crippen LogP contribution in [-0.4, -0.2) is 56.5 Å². The molecule has 0 aromatic carbocycles. The lowest BCUT2D eigenvalue weighted by Gasteiger charge is -2.31. The monoisotopic (exact) mass is 363 g/mol. The van der Waals surface area contributed by atoms with Crippen molar-refractivity contribution in [2.75, 3.05) is 30.3 Å². The number of hydrogen-bond acceptors (Lipinski definition) is 7. The second-order valence-electron chi connectivity index (χ2n) is 6.11. The van der Waals surface area contributed by atoms with Gasteiger partial charge in [0.2, 0.25) is 17.8 Å². The van der Waals surface area contributed by atoms with E-state index in [0.717, 1.165) is 30.0 Å². The van der Waals surface area contributed by atoms with Crippen LogP contribution in [0.4, 0.5) is 11.1 Å². The summed E-state index contributed by atoms with van der Waals surface area (Å²) in [5.74, 6) is -0.0385. The Hall–Kier alpha value is -2.33. The van der Waals surface area contributed by atoms with Crippen LogP contribution >= 0.6 is 11.3 Å². The van der Waals surface area contributed by atoms with Crippen molar-refractivity contribution in [2.24, 2.45) is 5.92 Å². The first-order valence-electron chi connectivity index (χ1n) is 8.13. The molecule has 3 N–H and O–H groups in total. The van der Waals surface area contributed by atoms with E-state index in [1.165, 1.54) is 17.7 Å². The van der Waals surface area contributed by atoms with Gasteiger partial charge in [0.1, 0.15) is 6.33 Å². The van der Waals surface area contributed by atoms with Gasteiger partial charge in [0.25, 0.3) is 0 Å². The predicted octanol–water partition coefficient (Wildman–Crippen LogP) is 1.17. The van der Waals surface area contributed by atoms with Crippen molar-refractivity contribution in [3.05, 3.63) is 16.9 Å². The number of piperidine rings is 1. The zero-order chi connectivity index (χ0) is 17.8. The number of anilines is 2. The molecule has 0 aliphatic carbocycles. The van der Waals surface area contributed by atoms with E-state index in [-0.39, 0.29) is 24.3 Å². The molecular formula is C15H21N7O2S. The second kappa shape index (κ2) is 7.70. The van der Waals surface area contributed by atoms with Crippen molar-refractivity contribution < 1.29 is 9.59 Å². The molecule has 1 aliphatic rings. The predicted molar refractivity (Wildman–Crippen MR) is 94.4 cm³/mol. The quantitative estimate of drug-likeness (QED) is 0.734. The van der Waals surface area contributed by atoms with E-state index in [4.69, 9.17) is 0 Å². The number of nitrogens with one attached hydrogen (secondary N) is 3. The average Bonchev–Trinajstić information content (AvgIpc) is 3.17. The van der Waals surface area contributed by atoms with Gasteiger partial charge in [-0.15, -0.1) is 11.3 Å². The Labute approximate surface area is 149 Å². The number of aromatic amines is 1. The van der Waals surface area contributed by atoms with Crippen molar-refractivity contribution >= 4 is 34.2 Å². The van der Waals surface area contributed by atoms with Gasteiger partial charge in [0.05, 0.1) is 18.2 Å². The average molecular weight is 363 g/mol. The molecule has 3 rings (SSSR count). The third-order valence-electron chi connectivity index (χ3n) is 4.18. The summed E-state index contributed by atoms with van der Waals surface area (Å²) in [5, 5.41) is 12.5. The van der Waals surface area contributed by atoms with Crippen molar-refractivity contribution in [2.45, 2.75) is 26.7 Å². The van der Waals surface area contributed by atoms with Crippen LogP contribution in [0.1, 0.15) is 23.4 Å². The summed E-state index contributed by atoms with van der Waals surface area (Å²) in [6.45, 7) is 5.50. The number of thiazole rings is 1. The number of hydrogen-bond donors (Lipinski definition) is 3. The first kappa shape index (κ1) is 17.5. The van der Waals surface area contributed by atoms with Crippen molar-refractivity contribution in [1.29, 1.82) is 0 Å². The molecule has 2 aromatic heterocycles. The van der Waals surface area contributed by atoms with Gasteiger partial charge in [-0.3, -0.25) is 19.8 Å². The molecule has 2 amide bonds. The van der Waals surface area contributed by atoms with Crippen molar-refractivity contribution in [1.82, 2.24) is 25.1 Å². The van der Waals surface area contributed by atoms with E-state index >= 15 is 0 Å². The van der Waals surface area contributed by atoms with Crippen LogP contribution in [-0.2, 0) is 9.59 Å². The molecule has 2 aromatic rings. The van der Waals surface area contributed by atoms with Crippen LogP contribution in [0.3, 0.4) is 0 Å². The fraction of sp³-hybridized carbons (Fsp3) is 0.533. The minimum absolute atomic E-state index is 0.104. The number of rotatable bonds is 5. The molecule has 25 heavy (non-hydrogen) atoms. The first-order valence-corrected chi connectivity index (χ1v) is 8.95. The molecule has 1 saturated heterocycles. The minimum atomic E-state index is -0.170. The normalized spacial score (nSPS) is 18.1. The highest BCUT2D eigenvalue weighted by atomic mass is 32.1. The van der Waals surface area contributed by atoms with Crippen LogP contribution in [0, 0.1) is 19.8 Å². The third kappa shape index (κ3) is 4.60. The molecule has 0 bridgehead atoms. The summed E-state index contributed by atoms with van der Waals surface area (Å²) < 4.78 is 0. The Balaban J connectivity index is 1.50. The Morgan fingerprint density at radius 1 is 1.40 bits per heavy atom. The summed E-state index contributed by atoms with van der Waals surface area (Å²) in [6, 6.07) is 0.